The standard InChI is InChI=1S/C25H28O7/c1-27-17-11-21(29-3)19(22(12-17)30-4)9-15-7-8-16(25(15)26)10-20-23(31-5)13-18(28-2)14-24(20)32-6/h9-14H,7-8H2,1-6H3/b15-9+,16-10+. The summed E-state index contributed by atoms with van der Waals surface area (Å²) < 4.78 is 32.6. The quantitative estimate of drug-likeness (QED) is 0.557. The van der Waals surface area contributed by atoms with E-state index in [0.29, 0.717) is 69.6 Å². The third kappa shape index (κ3) is 4.51. The number of carbonyl (C=O) groups is 1. The number of hydrogen-bond acceptors (Lipinski definition) is 7. The summed E-state index contributed by atoms with van der Waals surface area (Å²) in [6.07, 6.45) is 4.85. The van der Waals surface area contributed by atoms with Crippen LogP contribution in [-0.2, 0) is 4.79 Å². The third-order valence-corrected chi connectivity index (χ3v) is 5.39. The Hall–Kier alpha value is -3.61. The van der Waals surface area contributed by atoms with Crippen molar-refractivity contribution in [3.05, 3.63) is 46.5 Å². The maximum Gasteiger partial charge on any atom is 0.185 e. The molecule has 3 rings (SSSR count). The fourth-order valence-electron chi connectivity index (χ4n) is 3.68. The summed E-state index contributed by atoms with van der Waals surface area (Å²) in [6.45, 7) is 0. The lowest BCUT2D eigenvalue weighted by Crippen LogP contribution is -2.00. The second kappa shape index (κ2) is 10.1. The molecule has 32 heavy (non-hydrogen) atoms. The van der Waals surface area contributed by atoms with Crippen LogP contribution in [-0.4, -0.2) is 48.4 Å². The zero-order valence-electron chi connectivity index (χ0n) is 19.2. The van der Waals surface area contributed by atoms with Crippen LogP contribution in [0.5, 0.6) is 34.5 Å². The molecule has 170 valence electrons. The Morgan fingerprint density at radius 3 is 1.12 bits per heavy atom. The number of hydrogen-bond donors (Lipinski definition) is 0. The van der Waals surface area contributed by atoms with Crippen molar-refractivity contribution in [2.24, 2.45) is 0 Å². The second-order valence-corrected chi connectivity index (χ2v) is 7.06. The van der Waals surface area contributed by atoms with Gasteiger partial charge in [0.2, 0.25) is 0 Å². The Labute approximate surface area is 188 Å². The minimum Gasteiger partial charge on any atom is -0.496 e. The lowest BCUT2D eigenvalue weighted by atomic mass is 10.0. The van der Waals surface area contributed by atoms with Crippen molar-refractivity contribution in [3.8, 4) is 34.5 Å². The molecule has 1 aliphatic carbocycles. The Kier molecular flexibility index (Phi) is 7.30. The highest BCUT2D eigenvalue weighted by Crippen LogP contribution is 2.40. The van der Waals surface area contributed by atoms with E-state index in [1.165, 1.54) is 0 Å². The number of methoxy groups -OCH3 is 6. The normalized spacial score (nSPS) is 15.8. The summed E-state index contributed by atoms with van der Waals surface area (Å²) in [4.78, 5) is 13.2. The molecule has 0 heterocycles. The summed E-state index contributed by atoms with van der Waals surface area (Å²) in [5.74, 6) is 3.45. The van der Waals surface area contributed by atoms with E-state index < -0.39 is 0 Å². The zero-order chi connectivity index (χ0) is 23.3. The van der Waals surface area contributed by atoms with Gasteiger partial charge in [0, 0.05) is 35.4 Å². The minimum absolute atomic E-state index is 0.0372. The number of rotatable bonds is 8. The van der Waals surface area contributed by atoms with Crippen molar-refractivity contribution in [1.82, 2.24) is 0 Å². The Bertz CT molecular complexity index is 932. The minimum atomic E-state index is -0.0372. The number of ketones is 1. The van der Waals surface area contributed by atoms with Crippen LogP contribution in [0.25, 0.3) is 12.2 Å². The number of ether oxygens (including phenoxy) is 6. The molecule has 1 fully saturated rings. The van der Waals surface area contributed by atoms with Gasteiger partial charge in [0.05, 0.1) is 53.8 Å². The van der Waals surface area contributed by atoms with Gasteiger partial charge in [-0.15, -0.1) is 0 Å². The molecule has 0 radical (unpaired) electrons. The van der Waals surface area contributed by atoms with E-state index in [0.717, 1.165) is 0 Å². The first kappa shape index (κ1) is 23.1. The molecule has 0 aromatic heterocycles. The van der Waals surface area contributed by atoms with E-state index in [2.05, 4.69) is 0 Å². The Morgan fingerprint density at radius 1 is 0.562 bits per heavy atom. The molecular weight excluding hydrogens is 412 g/mol. The SMILES string of the molecule is COc1cc(OC)c(/C=C2\CC/C(=C\c3c(OC)cc(OC)cc3OC)C2=O)c(OC)c1. The molecule has 0 saturated heterocycles. The molecule has 0 aliphatic heterocycles. The highest BCUT2D eigenvalue weighted by Gasteiger charge is 2.26. The van der Waals surface area contributed by atoms with Crippen LogP contribution in [0.2, 0.25) is 0 Å². The van der Waals surface area contributed by atoms with E-state index in [-0.39, 0.29) is 5.78 Å². The first-order valence-corrected chi connectivity index (χ1v) is 10.0. The monoisotopic (exact) mass is 440 g/mol. The molecule has 0 N–H and O–H groups in total. The van der Waals surface area contributed by atoms with Gasteiger partial charge >= 0.3 is 0 Å². The largest absolute Gasteiger partial charge is 0.496 e. The maximum atomic E-state index is 13.2. The fraction of sp³-hybridized carbons (Fsp3) is 0.320. The van der Waals surface area contributed by atoms with Gasteiger partial charge < -0.3 is 28.4 Å². The van der Waals surface area contributed by atoms with Crippen molar-refractivity contribution < 1.29 is 33.2 Å². The summed E-state index contributed by atoms with van der Waals surface area (Å²) in [7, 11) is 9.43. The van der Waals surface area contributed by atoms with Crippen molar-refractivity contribution in [3.63, 3.8) is 0 Å². The van der Waals surface area contributed by atoms with Crippen LogP contribution < -0.4 is 28.4 Å². The lowest BCUT2D eigenvalue weighted by molar-refractivity contribution is -0.111. The number of allylic oxidation sites excluding steroid dienone is 2. The molecule has 0 unspecified atom stereocenters. The highest BCUT2D eigenvalue weighted by molar-refractivity contribution is 6.16. The first-order valence-electron chi connectivity index (χ1n) is 10.0. The third-order valence-electron chi connectivity index (χ3n) is 5.39. The number of Topliss-reactive ketones (excluding diaryl/α,β-unsaturated/α-hetero) is 1. The Morgan fingerprint density at radius 2 is 0.875 bits per heavy atom. The molecular formula is C25H28O7. The van der Waals surface area contributed by atoms with Gasteiger partial charge in [-0.3, -0.25) is 4.79 Å². The summed E-state index contributed by atoms with van der Waals surface area (Å²) in [6, 6.07) is 7.05. The molecule has 0 bridgehead atoms. The summed E-state index contributed by atoms with van der Waals surface area (Å²) in [5, 5.41) is 0. The fourth-order valence-corrected chi connectivity index (χ4v) is 3.68. The van der Waals surface area contributed by atoms with Crippen molar-refractivity contribution in [1.29, 1.82) is 0 Å². The van der Waals surface area contributed by atoms with E-state index in [1.807, 2.05) is 12.2 Å². The van der Waals surface area contributed by atoms with Gasteiger partial charge in [-0.1, -0.05) is 0 Å². The second-order valence-electron chi connectivity index (χ2n) is 7.06. The summed E-state index contributed by atoms with van der Waals surface area (Å²) in [5.41, 5.74) is 2.73. The number of carbonyl (C=O) groups excluding carboxylic acids is 1. The zero-order valence-corrected chi connectivity index (χ0v) is 19.2. The van der Waals surface area contributed by atoms with Crippen LogP contribution >= 0.6 is 0 Å². The van der Waals surface area contributed by atoms with Gasteiger partial charge in [-0.25, -0.2) is 0 Å². The van der Waals surface area contributed by atoms with E-state index in [1.54, 1.807) is 66.9 Å². The molecule has 1 saturated carbocycles. The van der Waals surface area contributed by atoms with Crippen molar-refractivity contribution in [2.75, 3.05) is 42.7 Å². The van der Waals surface area contributed by atoms with Crippen LogP contribution in [0.3, 0.4) is 0 Å². The van der Waals surface area contributed by atoms with Crippen LogP contribution in [0.4, 0.5) is 0 Å². The highest BCUT2D eigenvalue weighted by atomic mass is 16.5. The van der Waals surface area contributed by atoms with Gasteiger partial charge in [0.15, 0.2) is 5.78 Å². The molecule has 7 nitrogen and oxygen atoms in total. The lowest BCUT2D eigenvalue weighted by Gasteiger charge is -2.13. The van der Waals surface area contributed by atoms with Gasteiger partial charge in [-0.2, -0.15) is 0 Å². The molecule has 0 atom stereocenters. The van der Waals surface area contributed by atoms with E-state index in [4.69, 9.17) is 28.4 Å². The van der Waals surface area contributed by atoms with Gasteiger partial charge in [-0.05, 0) is 25.0 Å². The molecule has 0 amide bonds. The smallest absolute Gasteiger partial charge is 0.185 e. The van der Waals surface area contributed by atoms with Crippen LogP contribution in [0.1, 0.15) is 24.0 Å². The Balaban J connectivity index is 2.02. The van der Waals surface area contributed by atoms with Crippen molar-refractivity contribution >= 4 is 17.9 Å². The van der Waals surface area contributed by atoms with E-state index >= 15 is 0 Å². The van der Waals surface area contributed by atoms with Gasteiger partial charge in [0.1, 0.15) is 34.5 Å². The molecule has 7 heteroatoms. The molecule has 1 aliphatic rings. The predicted octanol–water partition coefficient (Wildman–Crippen LogP) is 4.57. The molecule has 2 aromatic rings. The van der Waals surface area contributed by atoms with Gasteiger partial charge in [0.25, 0.3) is 0 Å². The topological polar surface area (TPSA) is 72.5 Å². The summed E-state index contributed by atoms with van der Waals surface area (Å²) >= 11 is 0. The van der Waals surface area contributed by atoms with E-state index in [9.17, 15) is 4.79 Å². The number of benzene rings is 2. The van der Waals surface area contributed by atoms with Crippen LogP contribution in [0, 0.1) is 0 Å². The average molecular weight is 440 g/mol. The first-order chi connectivity index (χ1) is 15.5. The maximum absolute atomic E-state index is 13.2. The predicted molar refractivity (Wildman–Crippen MR) is 122 cm³/mol. The molecule has 2 aromatic carbocycles. The molecule has 0 spiro atoms. The average Bonchev–Trinajstić information content (AvgIpc) is 3.17. The van der Waals surface area contributed by atoms with Crippen LogP contribution in [0.15, 0.2) is 35.4 Å². The van der Waals surface area contributed by atoms with Crippen molar-refractivity contribution in [2.45, 2.75) is 12.8 Å².